The Kier molecular flexibility index (Phi) is 4.41. The molecule has 2 saturated carbocycles. The van der Waals surface area contributed by atoms with Crippen LogP contribution in [0.2, 0.25) is 0 Å². The lowest BCUT2D eigenvalue weighted by molar-refractivity contribution is -0.135. The highest BCUT2D eigenvalue weighted by Crippen LogP contribution is 2.58. The molecule has 0 aromatic heterocycles. The monoisotopic (exact) mass is 329 g/mol. The fraction of sp³-hybridized carbons (Fsp3) is 0.600. The maximum atomic E-state index is 11.7. The van der Waals surface area contributed by atoms with E-state index < -0.39 is 0 Å². The number of allylic oxidation sites excluding steroid dienone is 2. The number of hydrogen-bond acceptors (Lipinski definition) is 3. The molecular weight excluding hydrogens is 302 g/mol. The van der Waals surface area contributed by atoms with E-state index in [4.69, 9.17) is 4.74 Å². The maximum absolute atomic E-state index is 11.7. The largest absolute Gasteiger partial charge is 0.458 e. The molecule has 0 aromatic carbocycles. The Balaban J connectivity index is 1.90. The molecule has 0 unspecified atom stereocenters. The molecule has 1 amide bonds. The van der Waals surface area contributed by atoms with Crippen molar-refractivity contribution in [2.75, 3.05) is 6.61 Å². The van der Waals surface area contributed by atoms with Crippen LogP contribution < -0.4 is 5.32 Å². The fourth-order valence-corrected chi connectivity index (χ4v) is 5.26. The Morgan fingerprint density at radius 1 is 1.38 bits per heavy atom. The quantitative estimate of drug-likeness (QED) is 0.489. The van der Waals surface area contributed by atoms with Gasteiger partial charge in [0.05, 0.1) is 5.57 Å². The molecule has 0 bridgehead atoms. The predicted octanol–water partition coefficient (Wildman–Crippen LogP) is 3.30. The van der Waals surface area contributed by atoms with E-state index in [0.29, 0.717) is 18.1 Å². The van der Waals surface area contributed by atoms with E-state index in [0.717, 1.165) is 38.5 Å². The van der Waals surface area contributed by atoms with Gasteiger partial charge in [-0.2, -0.15) is 0 Å². The average molecular weight is 329 g/mol. The van der Waals surface area contributed by atoms with Crippen LogP contribution in [0.5, 0.6) is 0 Å². The van der Waals surface area contributed by atoms with E-state index >= 15 is 0 Å². The first-order chi connectivity index (χ1) is 11.4. The van der Waals surface area contributed by atoms with Gasteiger partial charge in [-0.05, 0) is 50.0 Å². The summed E-state index contributed by atoms with van der Waals surface area (Å²) >= 11 is 0. The zero-order valence-corrected chi connectivity index (χ0v) is 14.6. The summed E-state index contributed by atoms with van der Waals surface area (Å²) < 4.78 is 4.97. The number of carbonyl (C=O) groups is 2. The first-order valence-corrected chi connectivity index (χ1v) is 8.85. The van der Waals surface area contributed by atoms with Gasteiger partial charge in [0, 0.05) is 11.5 Å². The van der Waals surface area contributed by atoms with Gasteiger partial charge in [-0.15, -0.1) is 0 Å². The van der Waals surface area contributed by atoms with Crippen LogP contribution in [0.4, 0.5) is 0 Å². The predicted molar refractivity (Wildman–Crippen MR) is 93.1 cm³/mol. The zero-order valence-electron chi connectivity index (χ0n) is 14.6. The summed E-state index contributed by atoms with van der Waals surface area (Å²) in [4.78, 5) is 22.8. The Labute approximate surface area is 144 Å². The van der Waals surface area contributed by atoms with Gasteiger partial charge in [0.25, 0.3) is 0 Å². The van der Waals surface area contributed by atoms with Crippen LogP contribution in [-0.2, 0) is 14.3 Å². The van der Waals surface area contributed by atoms with E-state index in [1.54, 1.807) is 0 Å². The van der Waals surface area contributed by atoms with E-state index in [9.17, 15) is 9.59 Å². The second-order valence-corrected chi connectivity index (χ2v) is 7.88. The summed E-state index contributed by atoms with van der Waals surface area (Å²) in [5.74, 6) is 0.387. The minimum Gasteiger partial charge on any atom is -0.458 e. The summed E-state index contributed by atoms with van der Waals surface area (Å²) in [5.41, 5.74) is 1.76. The molecule has 0 saturated heterocycles. The molecule has 2 fully saturated rings. The molecule has 24 heavy (non-hydrogen) atoms. The topological polar surface area (TPSA) is 55.4 Å². The summed E-state index contributed by atoms with van der Waals surface area (Å²) in [5, 5.41) is 3.11. The van der Waals surface area contributed by atoms with Gasteiger partial charge in [0.1, 0.15) is 6.61 Å². The van der Waals surface area contributed by atoms with Gasteiger partial charge in [0.15, 0.2) is 0 Å². The van der Waals surface area contributed by atoms with Crippen molar-refractivity contribution in [1.29, 1.82) is 0 Å². The van der Waals surface area contributed by atoms with E-state index in [1.807, 2.05) is 12.2 Å². The normalized spacial score (nSPS) is 39.3. The molecule has 3 aliphatic rings. The lowest BCUT2D eigenvalue weighted by Crippen LogP contribution is -2.59. The molecule has 130 valence electrons. The van der Waals surface area contributed by atoms with Crippen LogP contribution in [0, 0.1) is 17.3 Å². The minimum atomic E-state index is -0.245. The minimum absolute atomic E-state index is 0.0535. The standard InChI is InChI=1S/C20H27NO3/c1-14-5-8-17-19(2,10-4-11-20(17,3)21-13-22)16(14)7-6-15-9-12-24-18(15)23/h6-7,9,13,16-17H,1,4-5,8,10-12H2,2-3H3,(H,21,22)/b7-6+/t16-,17+,19+,20+/m1/s1. The lowest BCUT2D eigenvalue weighted by Gasteiger charge is -2.58. The molecule has 4 atom stereocenters. The van der Waals surface area contributed by atoms with Crippen molar-refractivity contribution in [1.82, 2.24) is 5.32 Å². The van der Waals surface area contributed by atoms with Gasteiger partial charge < -0.3 is 10.1 Å². The second-order valence-electron chi connectivity index (χ2n) is 7.88. The number of esters is 1. The van der Waals surface area contributed by atoms with Crippen LogP contribution in [0.3, 0.4) is 0 Å². The summed E-state index contributed by atoms with van der Waals surface area (Å²) in [6.07, 6.45) is 12.0. The third-order valence-corrected chi connectivity index (χ3v) is 6.49. The van der Waals surface area contributed by atoms with Crippen LogP contribution in [0.25, 0.3) is 0 Å². The van der Waals surface area contributed by atoms with Crippen molar-refractivity contribution in [3.63, 3.8) is 0 Å². The van der Waals surface area contributed by atoms with Crippen LogP contribution in [0.1, 0.15) is 46.0 Å². The van der Waals surface area contributed by atoms with Crippen molar-refractivity contribution < 1.29 is 14.3 Å². The first kappa shape index (κ1) is 17.0. The Bertz CT molecular complexity index is 620. The molecule has 4 heteroatoms. The highest BCUT2D eigenvalue weighted by Gasteiger charge is 2.53. The number of nitrogens with one attached hydrogen (secondary N) is 1. The molecule has 1 aliphatic heterocycles. The van der Waals surface area contributed by atoms with Crippen molar-refractivity contribution in [3.8, 4) is 0 Å². The van der Waals surface area contributed by atoms with Crippen LogP contribution >= 0.6 is 0 Å². The second kappa shape index (κ2) is 6.23. The molecule has 4 nitrogen and oxygen atoms in total. The third kappa shape index (κ3) is 2.72. The van der Waals surface area contributed by atoms with Gasteiger partial charge in [-0.3, -0.25) is 4.79 Å². The van der Waals surface area contributed by atoms with E-state index in [-0.39, 0.29) is 22.8 Å². The molecule has 1 heterocycles. The summed E-state index contributed by atoms with van der Waals surface area (Å²) in [6.45, 7) is 9.18. The van der Waals surface area contributed by atoms with Crippen molar-refractivity contribution >= 4 is 12.4 Å². The van der Waals surface area contributed by atoms with Gasteiger partial charge in [-0.25, -0.2) is 4.79 Å². The number of carbonyl (C=O) groups excluding carboxylic acids is 2. The number of fused-ring (bicyclic) bond motifs is 1. The highest BCUT2D eigenvalue weighted by molar-refractivity contribution is 5.93. The van der Waals surface area contributed by atoms with Crippen LogP contribution in [0.15, 0.2) is 36.0 Å². The Morgan fingerprint density at radius 3 is 2.83 bits per heavy atom. The van der Waals surface area contributed by atoms with Gasteiger partial charge in [0.2, 0.25) is 6.41 Å². The molecule has 2 aliphatic carbocycles. The van der Waals surface area contributed by atoms with Crippen molar-refractivity contribution in [2.24, 2.45) is 17.3 Å². The highest BCUT2D eigenvalue weighted by atomic mass is 16.5. The fourth-order valence-electron chi connectivity index (χ4n) is 5.26. The number of ether oxygens (including phenoxy) is 1. The lowest BCUT2D eigenvalue weighted by atomic mass is 9.49. The smallest absolute Gasteiger partial charge is 0.338 e. The first-order valence-electron chi connectivity index (χ1n) is 8.85. The van der Waals surface area contributed by atoms with E-state index in [2.05, 4.69) is 31.8 Å². The van der Waals surface area contributed by atoms with E-state index in [1.165, 1.54) is 5.57 Å². The van der Waals surface area contributed by atoms with Crippen molar-refractivity contribution in [2.45, 2.75) is 51.5 Å². The summed E-state index contributed by atoms with van der Waals surface area (Å²) in [7, 11) is 0. The van der Waals surface area contributed by atoms with Gasteiger partial charge >= 0.3 is 5.97 Å². The average Bonchev–Trinajstić information content (AvgIpc) is 2.92. The van der Waals surface area contributed by atoms with Crippen LogP contribution in [-0.4, -0.2) is 24.5 Å². The molecular formula is C20H27NO3. The molecule has 1 N–H and O–H groups in total. The molecule has 0 spiro atoms. The molecule has 3 rings (SSSR count). The Hall–Kier alpha value is -1.84. The number of rotatable bonds is 4. The van der Waals surface area contributed by atoms with Gasteiger partial charge in [-0.1, -0.05) is 37.6 Å². The zero-order chi connectivity index (χ0) is 17.4. The third-order valence-electron chi connectivity index (χ3n) is 6.49. The summed E-state index contributed by atoms with van der Waals surface area (Å²) in [6, 6.07) is 0. The van der Waals surface area contributed by atoms with Crippen molar-refractivity contribution in [3.05, 3.63) is 36.0 Å². The number of hydrogen-bond donors (Lipinski definition) is 1. The maximum Gasteiger partial charge on any atom is 0.338 e. The SMILES string of the molecule is C=C1CC[C@H]2[C@@](C)(CCC[C@]2(C)NC=O)[C@@H]1/C=C/C1=CCOC1=O. The molecule has 0 aromatic rings. The Morgan fingerprint density at radius 2 is 2.17 bits per heavy atom. The molecule has 0 radical (unpaired) electrons. The number of amides is 1. The number of cyclic esters (lactones) is 1.